The molecule has 1 aromatic carbocycles. The number of anilines is 1. The number of carbonyl (C=O) groups excluding carboxylic acids is 1. The number of rotatable bonds is 9. The highest BCUT2D eigenvalue weighted by Crippen LogP contribution is 2.27. The average molecular weight is 449 g/mol. The Morgan fingerprint density at radius 1 is 1.13 bits per heavy atom. The van der Waals surface area contributed by atoms with Gasteiger partial charge in [0.2, 0.25) is 15.9 Å². The molecule has 1 N–H and O–H groups in total. The highest BCUT2D eigenvalue weighted by atomic mass is 32.2. The Morgan fingerprint density at radius 2 is 1.74 bits per heavy atom. The van der Waals surface area contributed by atoms with Gasteiger partial charge in [0.05, 0.1) is 17.0 Å². The van der Waals surface area contributed by atoms with Crippen molar-refractivity contribution in [2.24, 2.45) is 5.92 Å². The van der Waals surface area contributed by atoms with Gasteiger partial charge in [0.1, 0.15) is 0 Å². The maximum atomic E-state index is 13.0. The van der Waals surface area contributed by atoms with E-state index in [1.165, 1.54) is 4.31 Å². The van der Waals surface area contributed by atoms with E-state index in [0.717, 1.165) is 34.6 Å². The minimum Gasteiger partial charge on any atom is -0.326 e. The molecule has 1 aromatic heterocycles. The summed E-state index contributed by atoms with van der Waals surface area (Å²) in [4.78, 5) is 13.1. The maximum absolute atomic E-state index is 13.0. The molecule has 31 heavy (non-hydrogen) atoms. The third kappa shape index (κ3) is 5.54. The molecule has 0 saturated carbocycles. The van der Waals surface area contributed by atoms with Crippen molar-refractivity contribution in [3.05, 3.63) is 40.2 Å². The predicted molar refractivity (Wildman–Crippen MR) is 125 cm³/mol. The average Bonchev–Trinajstić information content (AvgIpc) is 2.92. The Morgan fingerprint density at radius 3 is 2.29 bits per heavy atom. The zero-order valence-electron chi connectivity index (χ0n) is 20.0. The third-order valence-corrected chi connectivity index (χ3v) is 7.69. The Kier molecular flexibility index (Phi) is 8.05. The van der Waals surface area contributed by atoms with Crippen LogP contribution in [0.5, 0.6) is 0 Å². The first kappa shape index (κ1) is 25.1. The number of aryl methyl sites for hydroxylation is 2. The molecule has 1 heterocycles. The summed E-state index contributed by atoms with van der Waals surface area (Å²) in [6, 6.07) is 3.23. The normalized spacial score (nSPS) is 12.1. The van der Waals surface area contributed by atoms with E-state index in [1.54, 1.807) is 12.1 Å². The van der Waals surface area contributed by atoms with Gasteiger partial charge in [0, 0.05) is 36.6 Å². The lowest BCUT2D eigenvalue weighted by atomic mass is 10.1. The Balaban J connectivity index is 2.32. The summed E-state index contributed by atoms with van der Waals surface area (Å²) in [5.74, 6) is 0.274. The van der Waals surface area contributed by atoms with Gasteiger partial charge in [-0.25, -0.2) is 8.42 Å². The number of sulfonamides is 1. The molecule has 0 aliphatic carbocycles. The van der Waals surface area contributed by atoms with Crippen LogP contribution in [0.15, 0.2) is 17.0 Å². The first-order valence-electron chi connectivity index (χ1n) is 10.9. The van der Waals surface area contributed by atoms with E-state index in [-0.39, 0.29) is 17.2 Å². The number of carbonyl (C=O) groups is 1. The van der Waals surface area contributed by atoms with Crippen molar-refractivity contribution in [2.45, 2.75) is 73.3 Å². The third-order valence-electron chi connectivity index (χ3n) is 5.66. The largest absolute Gasteiger partial charge is 0.326 e. The van der Waals surface area contributed by atoms with E-state index in [1.807, 2.05) is 46.2 Å². The SMILES string of the molecule is CCN(CC)S(=O)(=O)c1cc(C)c(C)c(NC(=O)Cc2c(C)nn(CC(C)C)c2C)c1. The van der Waals surface area contributed by atoms with Gasteiger partial charge in [-0.2, -0.15) is 9.40 Å². The van der Waals surface area contributed by atoms with Crippen molar-refractivity contribution in [2.75, 3.05) is 18.4 Å². The summed E-state index contributed by atoms with van der Waals surface area (Å²) in [6.45, 7) is 17.1. The summed E-state index contributed by atoms with van der Waals surface area (Å²) in [6.07, 6.45) is 0.196. The lowest BCUT2D eigenvalue weighted by molar-refractivity contribution is -0.115. The fourth-order valence-electron chi connectivity index (χ4n) is 3.69. The van der Waals surface area contributed by atoms with E-state index in [2.05, 4.69) is 24.3 Å². The van der Waals surface area contributed by atoms with Gasteiger partial charge in [-0.05, 0) is 56.9 Å². The van der Waals surface area contributed by atoms with Crippen LogP contribution in [0.25, 0.3) is 0 Å². The van der Waals surface area contributed by atoms with Crippen LogP contribution in [0.1, 0.15) is 55.8 Å². The predicted octanol–water partition coefficient (Wildman–Crippen LogP) is 3.98. The van der Waals surface area contributed by atoms with Gasteiger partial charge in [-0.15, -0.1) is 0 Å². The zero-order chi connectivity index (χ0) is 23.5. The molecule has 0 fully saturated rings. The van der Waals surface area contributed by atoms with Crippen LogP contribution in [0.3, 0.4) is 0 Å². The highest BCUT2D eigenvalue weighted by molar-refractivity contribution is 7.89. The van der Waals surface area contributed by atoms with Crippen molar-refractivity contribution < 1.29 is 13.2 Å². The van der Waals surface area contributed by atoms with Gasteiger partial charge in [-0.1, -0.05) is 27.7 Å². The van der Waals surface area contributed by atoms with E-state index in [9.17, 15) is 13.2 Å². The molecule has 172 valence electrons. The smallest absolute Gasteiger partial charge is 0.243 e. The first-order chi connectivity index (χ1) is 14.4. The van der Waals surface area contributed by atoms with Crippen molar-refractivity contribution in [1.29, 1.82) is 0 Å². The zero-order valence-corrected chi connectivity index (χ0v) is 20.9. The van der Waals surface area contributed by atoms with Crippen LogP contribution in [-0.4, -0.2) is 41.5 Å². The molecule has 0 aliphatic heterocycles. The topological polar surface area (TPSA) is 84.3 Å². The summed E-state index contributed by atoms with van der Waals surface area (Å²) in [5, 5.41) is 7.51. The molecule has 2 aromatic rings. The second-order valence-corrected chi connectivity index (χ2v) is 10.4. The van der Waals surface area contributed by atoms with Gasteiger partial charge < -0.3 is 5.32 Å². The molecule has 1 amide bonds. The number of aromatic nitrogens is 2. The molecule has 2 rings (SSSR count). The minimum absolute atomic E-state index is 0.185. The monoisotopic (exact) mass is 448 g/mol. The standard InChI is InChI=1S/C23H36N4O3S/c1-9-26(10-2)31(29,30)20-11-16(5)17(6)22(12-20)24-23(28)13-21-18(7)25-27(19(21)8)14-15(3)4/h11-12,15H,9-10,13-14H2,1-8H3,(H,24,28). The van der Waals surface area contributed by atoms with Crippen LogP contribution in [0, 0.1) is 33.6 Å². The summed E-state index contributed by atoms with van der Waals surface area (Å²) < 4.78 is 29.3. The van der Waals surface area contributed by atoms with Crippen molar-refractivity contribution >= 4 is 21.6 Å². The molecule has 0 bridgehead atoms. The second kappa shape index (κ2) is 9.96. The molecule has 7 nitrogen and oxygen atoms in total. The second-order valence-electron chi connectivity index (χ2n) is 8.45. The highest BCUT2D eigenvalue weighted by Gasteiger charge is 2.24. The minimum atomic E-state index is -3.61. The number of benzene rings is 1. The van der Waals surface area contributed by atoms with Crippen LogP contribution in [0.4, 0.5) is 5.69 Å². The Labute approximate surface area is 186 Å². The van der Waals surface area contributed by atoms with Crippen LogP contribution in [0.2, 0.25) is 0 Å². The summed E-state index contributed by atoms with van der Waals surface area (Å²) >= 11 is 0. The van der Waals surface area contributed by atoms with E-state index < -0.39 is 10.0 Å². The lowest BCUT2D eigenvalue weighted by Crippen LogP contribution is -2.30. The fraction of sp³-hybridized carbons (Fsp3) is 0.565. The van der Waals surface area contributed by atoms with Crippen LogP contribution < -0.4 is 5.32 Å². The molecule has 0 saturated heterocycles. The lowest BCUT2D eigenvalue weighted by Gasteiger charge is -2.20. The van der Waals surface area contributed by atoms with Gasteiger partial charge >= 0.3 is 0 Å². The number of hydrogen-bond donors (Lipinski definition) is 1. The van der Waals surface area contributed by atoms with Crippen LogP contribution >= 0.6 is 0 Å². The Hall–Kier alpha value is -2.19. The quantitative estimate of drug-likeness (QED) is 0.629. The molecular formula is C23H36N4O3S. The van der Waals surface area contributed by atoms with Crippen molar-refractivity contribution in [3.8, 4) is 0 Å². The van der Waals surface area contributed by atoms with Crippen molar-refractivity contribution in [3.63, 3.8) is 0 Å². The van der Waals surface area contributed by atoms with Crippen LogP contribution in [-0.2, 0) is 27.8 Å². The Bertz CT molecular complexity index is 1050. The molecule has 0 aliphatic rings. The number of nitrogens with zero attached hydrogens (tertiary/aromatic N) is 3. The van der Waals surface area contributed by atoms with Gasteiger partial charge in [0.15, 0.2) is 0 Å². The number of nitrogens with one attached hydrogen (secondary N) is 1. The van der Waals surface area contributed by atoms with Crippen molar-refractivity contribution in [1.82, 2.24) is 14.1 Å². The molecule has 0 spiro atoms. The van der Waals surface area contributed by atoms with E-state index in [4.69, 9.17) is 0 Å². The fourth-order valence-corrected chi connectivity index (χ4v) is 5.26. The van der Waals surface area contributed by atoms with E-state index >= 15 is 0 Å². The molecule has 0 atom stereocenters. The molecular weight excluding hydrogens is 412 g/mol. The van der Waals surface area contributed by atoms with Gasteiger partial charge in [-0.3, -0.25) is 9.48 Å². The summed E-state index contributed by atoms with van der Waals surface area (Å²) in [5.41, 5.74) is 4.96. The molecule has 8 heteroatoms. The maximum Gasteiger partial charge on any atom is 0.243 e. The summed E-state index contributed by atoms with van der Waals surface area (Å²) in [7, 11) is -3.61. The molecule has 0 unspecified atom stereocenters. The first-order valence-corrected chi connectivity index (χ1v) is 12.3. The number of amides is 1. The van der Waals surface area contributed by atoms with Gasteiger partial charge in [0.25, 0.3) is 0 Å². The van der Waals surface area contributed by atoms with E-state index in [0.29, 0.717) is 24.7 Å². The number of hydrogen-bond acceptors (Lipinski definition) is 4. The molecule has 0 radical (unpaired) electrons.